The van der Waals surface area contributed by atoms with Crippen LogP contribution in [0.1, 0.15) is 52.0 Å². The van der Waals surface area contributed by atoms with Crippen LogP contribution in [0.2, 0.25) is 0 Å². The molecular weight excluding hydrogens is 443 g/mol. The number of aliphatic imine (C=N–C) groups is 1. The van der Waals surface area contributed by atoms with Crippen molar-refractivity contribution < 1.29 is 9.47 Å². The Morgan fingerprint density at radius 2 is 1.88 bits per heavy atom. The number of hydrogen-bond acceptors (Lipinski definition) is 4. The van der Waals surface area contributed by atoms with Crippen LogP contribution in [0.5, 0.6) is 5.88 Å². The summed E-state index contributed by atoms with van der Waals surface area (Å²) in [6, 6.07) is 3.92. The molecule has 0 saturated heterocycles. The second-order valence-electron chi connectivity index (χ2n) is 5.76. The van der Waals surface area contributed by atoms with Crippen LogP contribution < -0.4 is 15.4 Å². The Morgan fingerprint density at radius 3 is 2.62 bits per heavy atom. The van der Waals surface area contributed by atoms with Crippen molar-refractivity contribution in [2.75, 3.05) is 32.9 Å². The molecule has 1 aromatic rings. The van der Waals surface area contributed by atoms with Crippen LogP contribution in [0, 0.1) is 0 Å². The number of pyridine rings is 1. The molecule has 0 amide bonds. The molecule has 0 aliphatic rings. The van der Waals surface area contributed by atoms with Gasteiger partial charge in [-0.15, -0.1) is 24.0 Å². The van der Waals surface area contributed by atoms with Crippen LogP contribution in [-0.2, 0) is 11.3 Å². The Morgan fingerprint density at radius 1 is 1.08 bits per heavy atom. The molecule has 0 saturated carbocycles. The van der Waals surface area contributed by atoms with Crippen LogP contribution in [0.25, 0.3) is 0 Å². The Bertz CT molecular complexity index is 486. The summed E-state index contributed by atoms with van der Waals surface area (Å²) >= 11 is 0. The largest absolute Gasteiger partial charge is 0.477 e. The van der Waals surface area contributed by atoms with E-state index < -0.39 is 0 Å². The topological polar surface area (TPSA) is 67.8 Å². The summed E-state index contributed by atoms with van der Waals surface area (Å²) in [7, 11) is 0. The van der Waals surface area contributed by atoms with Crippen LogP contribution in [-0.4, -0.2) is 43.9 Å². The molecule has 0 radical (unpaired) electrons. The fraction of sp³-hybridized carbons (Fsp3) is 0.684. The van der Waals surface area contributed by atoms with Gasteiger partial charge in [0.05, 0.1) is 13.2 Å². The first-order chi connectivity index (χ1) is 12.3. The Labute approximate surface area is 175 Å². The first-order valence-corrected chi connectivity index (χ1v) is 9.48. The Kier molecular flexibility index (Phi) is 16.6. The van der Waals surface area contributed by atoms with Gasteiger partial charge in [0.25, 0.3) is 0 Å². The molecule has 1 rings (SSSR count). The first-order valence-electron chi connectivity index (χ1n) is 9.48. The fourth-order valence-corrected chi connectivity index (χ4v) is 2.11. The van der Waals surface area contributed by atoms with Crippen molar-refractivity contribution in [3.8, 4) is 5.88 Å². The smallest absolute Gasteiger partial charge is 0.218 e. The molecule has 26 heavy (non-hydrogen) atoms. The Hall–Kier alpha value is -1.09. The second kappa shape index (κ2) is 17.3. The number of aromatic nitrogens is 1. The summed E-state index contributed by atoms with van der Waals surface area (Å²) in [6.07, 6.45) is 5.98. The summed E-state index contributed by atoms with van der Waals surface area (Å²) in [4.78, 5) is 8.94. The molecule has 0 bridgehead atoms. The van der Waals surface area contributed by atoms with Crippen molar-refractivity contribution >= 4 is 29.9 Å². The second-order valence-corrected chi connectivity index (χ2v) is 5.76. The minimum absolute atomic E-state index is 0. The quantitative estimate of drug-likeness (QED) is 0.196. The zero-order valence-corrected chi connectivity index (χ0v) is 18.8. The molecule has 150 valence electrons. The van der Waals surface area contributed by atoms with E-state index in [0.717, 1.165) is 57.1 Å². The molecule has 6 nitrogen and oxygen atoms in total. The molecule has 0 aliphatic carbocycles. The van der Waals surface area contributed by atoms with Gasteiger partial charge in [-0.1, -0.05) is 26.3 Å². The standard InChI is InChI=1S/C19H34N4O2.HI/c1-4-7-14-24-15-9-12-22-19(20-6-3)23-16-17-10-8-11-21-18(17)25-13-5-2;/h8,10-11H,4-7,9,12-16H2,1-3H3,(H2,20,22,23);1H. The van der Waals surface area contributed by atoms with Crippen molar-refractivity contribution in [3.63, 3.8) is 0 Å². The lowest BCUT2D eigenvalue weighted by Crippen LogP contribution is -2.38. The van der Waals surface area contributed by atoms with E-state index in [1.807, 2.05) is 12.1 Å². The summed E-state index contributed by atoms with van der Waals surface area (Å²) < 4.78 is 11.3. The molecule has 1 heterocycles. The zero-order chi connectivity index (χ0) is 18.2. The van der Waals surface area contributed by atoms with Gasteiger partial charge in [-0.25, -0.2) is 9.98 Å². The van der Waals surface area contributed by atoms with E-state index >= 15 is 0 Å². The van der Waals surface area contributed by atoms with Gasteiger partial charge in [-0.3, -0.25) is 0 Å². The number of unbranched alkanes of at least 4 members (excludes halogenated alkanes) is 1. The third-order valence-corrected chi connectivity index (χ3v) is 3.44. The summed E-state index contributed by atoms with van der Waals surface area (Å²) in [5, 5.41) is 6.61. The minimum Gasteiger partial charge on any atom is -0.477 e. The third-order valence-electron chi connectivity index (χ3n) is 3.44. The van der Waals surface area contributed by atoms with Gasteiger partial charge in [0, 0.05) is 38.1 Å². The van der Waals surface area contributed by atoms with Crippen molar-refractivity contribution in [2.24, 2.45) is 4.99 Å². The fourth-order valence-electron chi connectivity index (χ4n) is 2.11. The SMILES string of the molecule is CCCCOCCCNC(=NCc1cccnc1OCCC)NCC.I. The van der Waals surface area contributed by atoms with Gasteiger partial charge in [0.1, 0.15) is 0 Å². The highest BCUT2D eigenvalue weighted by Gasteiger charge is 2.04. The van der Waals surface area contributed by atoms with Crippen LogP contribution in [0.4, 0.5) is 0 Å². The molecule has 7 heteroatoms. The van der Waals surface area contributed by atoms with Crippen LogP contribution in [0.3, 0.4) is 0 Å². The predicted molar refractivity (Wildman–Crippen MR) is 119 cm³/mol. The van der Waals surface area contributed by atoms with Crippen LogP contribution >= 0.6 is 24.0 Å². The van der Waals surface area contributed by atoms with E-state index in [1.54, 1.807) is 6.20 Å². The molecule has 0 aliphatic heterocycles. The van der Waals surface area contributed by atoms with Crippen molar-refractivity contribution in [2.45, 2.75) is 53.0 Å². The number of nitrogens with one attached hydrogen (secondary N) is 2. The van der Waals surface area contributed by atoms with E-state index in [-0.39, 0.29) is 24.0 Å². The maximum Gasteiger partial charge on any atom is 0.218 e. The average molecular weight is 478 g/mol. The maximum atomic E-state index is 5.69. The molecule has 0 atom stereocenters. The summed E-state index contributed by atoms with van der Waals surface area (Å²) in [6.45, 7) is 10.8. The van der Waals surface area contributed by atoms with Gasteiger partial charge < -0.3 is 20.1 Å². The first kappa shape index (κ1) is 24.9. The van der Waals surface area contributed by atoms with Gasteiger partial charge in [-0.05, 0) is 32.3 Å². The molecule has 0 aromatic carbocycles. The number of guanidine groups is 1. The van der Waals surface area contributed by atoms with Gasteiger partial charge in [-0.2, -0.15) is 0 Å². The number of ether oxygens (including phenoxy) is 2. The highest BCUT2D eigenvalue weighted by molar-refractivity contribution is 14.0. The van der Waals surface area contributed by atoms with Gasteiger partial charge in [0.15, 0.2) is 5.96 Å². The molecule has 0 fully saturated rings. The van der Waals surface area contributed by atoms with Gasteiger partial charge >= 0.3 is 0 Å². The monoisotopic (exact) mass is 478 g/mol. The van der Waals surface area contributed by atoms with E-state index in [0.29, 0.717) is 19.0 Å². The van der Waals surface area contributed by atoms with Gasteiger partial charge in [0.2, 0.25) is 5.88 Å². The van der Waals surface area contributed by atoms with Crippen LogP contribution in [0.15, 0.2) is 23.3 Å². The minimum atomic E-state index is 0. The lowest BCUT2D eigenvalue weighted by atomic mass is 10.3. The highest BCUT2D eigenvalue weighted by atomic mass is 127. The predicted octanol–water partition coefficient (Wildman–Crippen LogP) is 3.75. The molecule has 2 N–H and O–H groups in total. The highest BCUT2D eigenvalue weighted by Crippen LogP contribution is 2.15. The maximum absolute atomic E-state index is 5.69. The zero-order valence-electron chi connectivity index (χ0n) is 16.4. The van der Waals surface area contributed by atoms with E-state index in [4.69, 9.17) is 9.47 Å². The molecule has 0 spiro atoms. The normalized spacial score (nSPS) is 11.0. The lowest BCUT2D eigenvalue weighted by Gasteiger charge is -2.12. The van der Waals surface area contributed by atoms with E-state index in [2.05, 4.69) is 41.4 Å². The summed E-state index contributed by atoms with van der Waals surface area (Å²) in [5.41, 5.74) is 0.996. The number of hydrogen-bond donors (Lipinski definition) is 2. The summed E-state index contributed by atoms with van der Waals surface area (Å²) in [5.74, 6) is 1.48. The number of halogens is 1. The van der Waals surface area contributed by atoms with Crippen molar-refractivity contribution in [1.82, 2.24) is 15.6 Å². The average Bonchev–Trinajstić information content (AvgIpc) is 2.64. The third kappa shape index (κ3) is 11.5. The van der Waals surface area contributed by atoms with E-state index in [9.17, 15) is 0 Å². The Balaban J connectivity index is 0.00000625. The lowest BCUT2D eigenvalue weighted by molar-refractivity contribution is 0.129. The number of nitrogens with zero attached hydrogens (tertiary/aromatic N) is 2. The molecule has 1 aromatic heterocycles. The van der Waals surface area contributed by atoms with Crippen molar-refractivity contribution in [3.05, 3.63) is 23.9 Å². The molecular formula is C19H35IN4O2. The van der Waals surface area contributed by atoms with E-state index in [1.165, 1.54) is 6.42 Å². The van der Waals surface area contributed by atoms with Crippen molar-refractivity contribution in [1.29, 1.82) is 0 Å². The number of rotatable bonds is 13. The molecule has 0 unspecified atom stereocenters.